The molecule has 0 spiro atoms. The van der Waals surface area contributed by atoms with Gasteiger partial charge in [-0.2, -0.15) is 0 Å². The minimum Gasteiger partial charge on any atom is -0.320 e. The van der Waals surface area contributed by atoms with Gasteiger partial charge in [-0.25, -0.2) is 4.98 Å². The second-order valence-corrected chi connectivity index (χ2v) is 5.46. The molecule has 4 heteroatoms. The molecule has 0 amide bonds. The lowest BCUT2D eigenvalue weighted by Gasteiger charge is -2.10. The molecule has 0 N–H and O–H groups in total. The molecule has 3 nitrogen and oxygen atoms in total. The van der Waals surface area contributed by atoms with E-state index in [4.69, 9.17) is 0 Å². The molecule has 0 radical (unpaired) electrons. The predicted octanol–water partition coefficient (Wildman–Crippen LogP) is 2.27. The van der Waals surface area contributed by atoms with E-state index >= 15 is 0 Å². The second-order valence-electron chi connectivity index (χ2n) is 4.32. The molecule has 0 saturated carbocycles. The van der Waals surface area contributed by atoms with Crippen molar-refractivity contribution in [3.63, 3.8) is 0 Å². The van der Waals surface area contributed by atoms with Crippen LogP contribution in [0.3, 0.4) is 0 Å². The van der Waals surface area contributed by atoms with E-state index in [1.165, 1.54) is 16.0 Å². The SMILES string of the molecule is CN=c1c2c(ncn1C)-c1ccccc1SCC2. The average molecular weight is 257 g/mol. The van der Waals surface area contributed by atoms with Gasteiger partial charge < -0.3 is 4.57 Å². The number of aromatic nitrogens is 2. The topological polar surface area (TPSA) is 30.2 Å². The largest absolute Gasteiger partial charge is 0.320 e. The van der Waals surface area contributed by atoms with E-state index in [1.807, 2.05) is 36.8 Å². The van der Waals surface area contributed by atoms with Crippen molar-refractivity contribution in [3.8, 4) is 11.3 Å². The van der Waals surface area contributed by atoms with Gasteiger partial charge in [0.2, 0.25) is 0 Å². The van der Waals surface area contributed by atoms with E-state index in [1.54, 1.807) is 0 Å². The van der Waals surface area contributed by atoms with E-state index in [2.05, 4.69) is 34.2 Å². The molecular formula is C14H15N3S. The molecule has 92 valence electrons. The lowest BCUT2D eigenvalue weighted by atomic mass is 10.1. The van der Waals surface area contributed by atoms with Gasteiger partial charge in [-0.1, -0.05) is 18.2 Å². The van der Waals surface area contributed by atoms with Crippen molar-refractivity contribution < 1.29 is 0 Å². The van der Waals surface area contributed by atoms with E-state index < -0.39 is 0 Å². The van der Waals surface area contributed by atoms with Crippen molar-refractivity contribution in [2.24, 2.45) is 12.0 Å². The summed E-state index contributed by atoms with van der Waals surface area (Å²) in [4.78, 5) is 10.3. The quantitative estimate of drug-likeness (QED) is 0.724. The summed E-state index contributed by atoms with van der Waals surface area (Å²) >= 11 is 1.90. The van der Waals surface area contributed by atoms with E-state index in [0.717, 1.165) is 23.4 Å². The molecule has 18 heavy (non-hydrogen) atoms. The molecular weight excluding hydrogens is 242 g/mol. The minimum atomic E-state index is 1.02. The molecule has 1 aromatic heterocycles. The van der Waals surface area contributed by atoms with Crippen LogP contribution in [0.4, 0.5) is 0 Å². The number of thioether (sulfide) groups is 1. The average Bonchev–Trinajstić information content (AvgIpc) is 2.58. The van der Waals surface area contributed by atoms with Crippen LogP contribution in [-0.2, 0) is 13.5 Å². The zero-order chi connectivity index (χ0) is 12.5. The summed E-state index contributed by atoms with van der Waals surface area (Å²) in [5, 5.41) is 0. The Morgan fingerprint density at radius 1 is 1.33 bits per heavy atom. The number of rotatable bonds is 0. The first-order valence-corrected chi connectivity index (χ1v) is 6.99. The highest BCUT2D eigenvalue weighted by Gasteiger charge is 2.17. The van der Waals surface area contributed by atoms with Gasteiger partial charge in [0, 0.05) is 35.9 Å². The van der Waals surface area contributed by atoms with Crippen LogP contribution in [0.1, 0.15) is 5.56 Å². The number of nitrogens with zero attached hydrogens (tertiary/aromatic N) is 3. The van der Waals surface area contributed by atoms with Gasteiger partial charge in [-0.15, -0.1) is 11.8 Å². The first-order valence-electron chi connectivity index (χ1n) is 6.01. The summed E-state index contributed by atoms with van der Waals surface area (Å²) in [6.07, 6.45) is 2.87. The molecule has 2 heterocycles. The molecule has 1 aliphatic rings. The standard InChI is InChI=1S/C14H15N3S/c1-15-14-11-7-8-18-12-6-4-3-5-10(12)13(11)16-9-17(14)2/h3-6,9H,7-8H2,1-2H3. The van der Waals surface area contributed by atoms with Crippen molar-refractivity contribution in [2.45, 2.75) is 11.3 Å². The van der Waals surface area contributed by atoms with Gasteiger partial charge in [-0.3, -0.25) is 4.99 Å². The van der Waals surface area contributed by atoms with Crippen molar-refractivity contribution in [1.82, 2.24) is 9.55 Å². The Morgan fingerprint density at radius 3 is 3.00 bits per heavy atom. The molecule has 0 atom stereocenters. The Hall–Kier alpha value is -1.55. The number of hydrogen-bond acceptors (Lipinski definition) is 3. The summed E-state index contributed by atoms with van der Waals surface area (Å²) < 4.78 is 2.00. The van der Waals surface area contributed by atoms with Crippen LogP contribution in [0.15, 0.2) is 40.5 Å². The first-order chi connectivity index (χ1) is 8.81. The van der Waals surface area contributed by atoms with E-state index in [9.17, 15) is 0 Å². The predicted molar refractivity (Wildman–Crippen MR) is 74.6 cm³/mol. The van der Waals surface area contributed by atoms with Crippen LogP contribution < -0.4 is 5.49 Å². The molecule has 0 fully saturated rings. The molecule has 1 aromatic carbocycles. The summed E-state index contributed by atoms with van der Waals surface area (Å²) in [5.74, 6) is 1.08. The highest BCUT2D eigenvalue weighted by molar-refractivity contribution is 7.99. The fourth-order valence-electron chi connectivity index (χ4n) is 2.40. The van der Waals surface area contributed by atoms with Gasteiger partial charge >= 0.3 is 0 Å². The highest BCUT2D eigenvalue weighted by atomic mass is 32.2. The van der Waals surface area contributed by atoms with Crippen LogP contribution in [0.5, 0.6) is 0 Å². The number of fused-ring (bicyclic) bond motifs is 3. The molecule has 0 unspecified atom stereocenters. The Kier molecular flexibility index (Phi) is 2.96. The van der Waals surface area contributed by atoms with Gasteiger partial charge in [0.1, 0.15) is 5.49 Å². The number of benzene rings is 1. The Morgan fingerprint density at radius 2 is 2.17 bits per heavy atom. The Bertz CT molecular complexity index is 658. The van der Waals surface area contributed by atoms with Gasteiger partial charge in [0.05, 0.1) is 12.0 Å². The molecule has 0 aliphatic carbocycles. The van der Waals surface area contributed by atoms with Gasteiger partial charge in [0.15, 0.2) is 0 Å². The molecule has 3 rings (SSSR count). The van der Waals surface area contributed by atoms with Crippen LogP contribution in [0.25, 0.3) is 11.3 Å². The molecule has 2 aromatic rings. The Balaban J connectivity index is 2.36. The summed E-state index contributed by atoms with van der Waals surface area (Å²) in [7, 11) is 3.85. The third kappa shape index (κ3) is 1.77. The second kappa shape index (κ2) is 4.61. The lowest BCUT2D eigenvalue weighted by molar-refractivity contribution is 0.775. The van der Waals surface area contributed by atoms with E-state index in [0.29, 0.717) is 0 Å². The van der Waals surface area contributed by atoms with E-state index in [-0.39, 0.29) is 0 Å². The first kappa shape index (κ1) is 11.5. The van der Waals surface area contributed by atoms with Gasteiger partial charge in [-0.05, 0) is 12.5 Å². The zero-order valence-corrected chi connectivity index (χ0v) is 11.4. The highest BCUT2D eigenvalue weighted by Crippen LogP contribution is 2.34. The van der Waals surface area contributed by atoms with Crippen LogP contribution in [-0.4, -0.2) is 22.4 Å². The summed E-state index contributed by atoms with van der Waals surface area (Å²) in [6, 6.07) is 8.49. The number of hydrogen-bond donors (Lipinski definition) is 0. The van der Waals surface area contributed by atoms with Crippen molar-refractivity contribution >= 4 is 11.8 Å². The fourth-order valence-corrected chi connectivity index (χ4v) is 3.42. The van der Waals surface area contributed by atoms with Crippen LogP contribution >= 0.6 is 11.8 Å². The molecule has 1 aliphatic heterocycles. The third-order valence-electron chi connectivity index (χ3n) is 3.21. The van der Waals surface area contributed by atoms with Crippen molar-refractivity contribution in [1.29, 1.82) is 0 Å². The molecule has 0 bridgehead atoms. The lowest BCUT2D eigenvalue weighted by Crippen LogP contribution is -2.24. The smallest absolute Gasteiger partial charge is 0.133 e. The van der Waals surface area contributed by atoms with Crippen LogP contribution in [0, 0.1) is 0 Å². The monoisotopic (exact) mass is 257 g/mol. The molecule has 0 saturated heterocycles. The summed E-state index contributed by atoms with van der Waals surface area (Å²) in [6.45, 7) is 0. The maximum Gasteiger partial charge on any atom is 0.133 e. The Labute approximate surface area is 111 Å². The van der Waals surface area contributed by atoms with Crippen molar-refractivity contribution in [2.75, 3.05) is 12.8 Å². The maximum atomic E-state index is 4.62. The third-order valence-corrected chi connectivity index (χ3v) is 4.29. The van der Waals surface area contributed by atoms with Crippen LogP contribution in [0.2, 0.25) is 0 Å². The fraction of sp³-hybridized carbons (Fsp3) is 0.286. The normalized spacial score (nSPS) is 14.9. The maximum absolute atomic E-state index is 4.62. The summed E-state index contributed by atoms with van der Waals surface area (Å²) in [5.41, 5.74) is 4.63. The zero-order valence-electron chi connectivity index (χ0n) is 10.6. The van der Waals surface area contributed by atoms with Crippen molar-refractivity contribution in [3.05, 3.63) is 41.6 Å². The number of aryl methyl sites for hydroxylation is 1. The van der Waals surface area contributed by atoms with Gasteiger partial charge in [0.25, 0.3) is 0 Å². The minimum absolute atomic E-state index is 1.02.